The van der Waals surface area contributed by atoms with Crippen LogP contribution in [0.3, 0.4) is 0 Å². The van der Waals surface area contributed by atoms with Crippen LogP contribution in [0.25, 0.3) is 0 Å². The van der Waals surface area contributed by atoms with Gasteiger partial charge in [0.15, 0.2) is 0 Å². The fraction of sp³-hybridized carbons (Fsp3) is 0.333. The van der Waals surface area contributed by atoms with Crippen molar-refractivity contribution in [2.45, 2.75) is 32.6 Å². The summed E-state index contributed by atoms with van der Waals surface area (Å²) in [7, 11) is 0. The quantitative estimate of drug-likeness (QED) is 0.724. The molecule has 0 aliphatic heterocycles. The number of rotatable bonds is 6. The highest BCUT2D eigenvalue weighted by molar-refractivity contribution is 9.10. The normalized spacial score (nSPS) is 12.2. The van der Waals surface area contributed by atoms with Crippen molar-refractivity contribution in [3.8, 4) is 0 Å². The van der Waals surface area contributed by atoms with E-state index < -0.39 is 0 Å². The van der Waals surface area contributed by atoms with Gasteiger partial charge in [0.25, 0.3) is 0 Å². The van der Waals surface area contributed by atoms with Gasteiger partial charge >= 0.3 is 0 Å². The second-order valence-electron chi connectivity index (χ2n) is 5.18. The summed E-state index contributed by atoms with van der Waals surface area (Å²) in [6, 6.07) is 17.2. The summed E-state index contributed by atoms with van der Waals surface area (Å²) in [5.41, 5.74) is 4.04. The lowest BCUT2D eigenvalue weighted by atomic mass is 9.98. The summed E-state index contributed by atoms with van der Waals surface area (Å²) in [5.74, 6) is 0.587. The van der Waals surface area contributed by atoms with Crippen LogP contribution in [0.4, 0.5) is 5.69 Å². The molecule has 0 aliphatic carbocycles. The summed E-state index contributed by atoms with van der Waals surface area (Å²) >= 11 is 3.53. The maximum Gasteiger partial charge on any atom is 0.0373 e. The van der Waals surface area contributed by atoms with E-state index in [-0.39, 0.29) is 0 Å². The summed E-state index contributed by atoms with van der Waals surface area (Å²) in [6.07, 6.45) is 2.19. The van der Waals surface area contributed by atoms with Crippen LogP contribution in [0.1, 0.15) is 37.3 Å². The Morgan fingerprint density at radius 3 is 2.55 bits per heavy atom. The predicted molar refractivity (Wildman–Crippen MR) is 91.5 cm³/mol. The van der Waals surface area contributed by atoms with Gasteiger partial charge in [0, 0.05) is 16.7 Å². The lowest BCUT2D eigenvalue weighted by Gasteiger charge is -2.15. The van der Waals surface area contributed by atoms with Gasteiger partial charge in [0.2, 0.25) is 0 Å². The molecule has 2 aromatic rings. The third-order valence-corrected chi connectivity index (χ3v) is 4.20. The van der Waals surface area contributed by atoms with E-state index in [1.807, 2.05) is 0 Å². The van der Waals surface area contributed by atoms with Crippen LogP contribution in [-0.4, -0.2) is 6.54 Å². The molecule has 0 heterocycles. The molecule has 0 aromatic heterocycles. The number of hydrogen-bond donors (Lipinski definition) is 1. The van der Waals surface area contributed by atoms with Gasteiger partial charge in [0.05, 0.1) is 0 Å². The second kappa shape index (κ2) is 7.49. The molecule has 2 rings (SSSR count). The van der Waals surface area contributed by atoms with E-state index >= 15 is 0 Å². The van der Waals surface area contributed by atoms with E-state index in [4.69, 9.17) is 0 Å². The minimum absolute atomic E-state index is 0.587. The molecule has 0 spiro atoms. The van der Waals surface area contributed by atoms with Crippen LogP contribution in [0.2, 0.25) is 0 Å². The van der Waals surface area contributed by atoms with Crippen LogP contribution >= 0.6 is 15.9 Å². The van der Waals surface area contributed by atoms with Crippen molar-refractivity contribution in [3.63, 3.8) is 0 Å². The zero-order valence-electron chi connectivity index (χ0n) is 12.2. The predicted octanol–water partition coefficient (Wildman–Crippen LogP) is 5.62. The molecule has 0 fully saturated rings. The molecule has 1 atom stereocenters. The molecule has 1 N–H and O–H groups in total. The van der Waals surface area contributed by atoms with Crippen LogP contribution < -0.4 is 5.32 Å². The number of hydrogen-bond acceptors (Lipinski definition) is 1. The molecule has 0 saturated carbocycles. The van der Waals surface area contributed by atoms with E-state index in [2.05, 4.69) is 83.6 Å². The van der Waals surface area contributed by atoms with Crippen molar-refractivity contribution in [2.24, 2.45) is 0 Å². The molecule has 0 bridgehead atoms. The van der Waals surface area contributed by atoms with Crippen molar-refractivity contribution >= 4 is 21.6 Å². The minimum Gasteiger partial charge on any atom is -0.385 e. The number of aryl methyl sites for hydroxylation is 1. The van der Waals surface area contributed by atoms with E-state index in [9.17, 15) is 0 Å². The van der Waals surface area contributed by atoms with Crippen LogP contribution in [0.15, 0.2) is 53.0 Å². The molecule has 20 heavy (non-hydrogen) atoms. The molecular weight excluding hydrogens is 310 g/mol. The van der Waals surface area contributed by atoms with Crippen molar-refractivity contribution < 1.29 is 0 Å². The van der Waals surface area contributed by atoms with Crippen molar-refractivity contribution in [1.82, 2.24) is 0 Å². The van der Waals surface area contributed by atoms with E-state index in [0.29, 0.717) is 5.92 Å². The summed E-state index contributed by atoms with van der Waals surface area (Å²) in [4.78, 5) is 0. The Kier molecular flexibility index (Phi) is 5.66. The first kappa shape index (κ1) is 15.1. The van der Waals surface area contributed by atoms with Crippen LogP contribution in [0.5, 0.6) is 0 Å². The smallest absolute Gasteiger partial charge is 0.0373 e. The minimum atomic E-state index is 0.587. The third kappa shape index (κ3) is 4.11. The average Bonchev–Trinajstić information content (AvgIpc) is 2.49. The second-order valence-corrected chi connectivity index (χ2v) is 6.10. The van der Waals surface area contributed by atoms with Gasteiger partial charge in [-0.3, -0.25) is 0 Å². The number of nitrogens with one attached hydrogen (secondary N) is 1. The first-order chi connectivity index (χ1) is 9.70. The molecular formula is C18H22BrN. The van der Waals surface area contributed by atoms with Gasteiger partial charge in [0.1, 0.15) is 0 Å². The first-order valence-electron chi connectivity index (χ1n) is 7.28. The zero-order valence-corrected chi connectivity index (χ0v) is 13.8. The first-order valence-corrected chi connectivity index (χ1v) is 8.07. The topological polar surface area (TPSA) is 12.0 Å². The molecule has 1 unspecified atom stereocenters. The monoisotopic (exact) mass is 331 g/mol. The Balaban J connectivity index is 1.90. The summed E-state index contributed by atoms with van der Waals surface area (Å²) < 4.78 is 1.15. The SMILES string of the molecule is CCc1cc(Br)ccc1NCCC(C)c1ccccc1. The fourth-order valence-corrected chi connectivity index (χ4v) is 2.81. The highest BCUT2D eigenvalue weighted by atomic mass is 79.9. The standard InChI is InChI=1S/C18H22BrN/c1-3-15-13-17(19)9-10-18(15)20-12-11-14(2)16-7-5-4-6-8-16/h4-10,13-14,20H,3,11-12H2,1-2H3. The van der Waals surface area contributed by atoms with E-state index in [1.165, 1.54) is 16.8 Å². The molecule has 0 amide bonds. The fourth-order valence-electron chi connectivity index (χ4n) is 2.40. The molecule has 0 saturated heterocycles. The molecule has 1 nitrogen and oxygen atoms in total. The number of halogens is 1. The lowest BCUT2D eigenvalue weighted by Crippen LogP contribution is -2.07. The Bertz CT molecular complexity index is 536. The van der Waals surface area contributed by atoms with Crippen molar-refractivity contribution in [1.29, 1.82) is 0 Å². The Hall–Kier alpha value is -1.28. The van der Waals surface area contributed by atoms with Gasteiger partial charge < -0.3 is 5.32 Å². The highest BCUT2D eigenvalue weighted by Gasteiger charge is 2.05. The van der Waals surface area contributed by atoms with Gasteiger partial charge in [-0.15, -0.1) is 0 Å². The van der Waals surface area contributed by atoms with Gasteiger partial charge in [-0.25, -0.2) is 0 Å². The molecule has 0 radical (unpaired) electrons. The molecule has 2 aromatic carbocycles. The highest BCUT2D eigenvalue weighted by Crippen LogP contribution is 2.23. The largest absolute Gasteiger partial charge is 0.385 e. The molecule has 0 aliphatic rings. The maximum absolute atomic E-state index is 3.57. The van der Waals surface area contributed by atoms with Gasteiger partial charge in [-0.2, -0.15) is 0 Å². The number of benzene rings is 2. The van der Waals surface area contributed by atoms with Gasteiger partial charge in [-0.1, -0.05) is 60.1 Å². The van der Waals surface area contributed by atoms with Crippen molar-refractivity contribution in [2.75, 3.05) is 11.9 Å². The Morgan fingerprint density at radius 1 is 1.10 bits per heavy atom. The van der Waals surface area contributed by atoms with Crippen LogP contribution in [0, 0.1) is 0 Å². The molecule has 2 heteroatoms. The Labute approximate surface area is 130 Å². The zero-order chi connectivity index (χ0) is 14.4. The summed E-state index contributed by atoms with van der Waals surface area (Å²) in [6.45, 7) is 5.49. The van der Waals surface area contributed by atoms with Crippen molar-refractivity contribution in [3.05, 3.63) is 64.1 Å². The average molecular weight is 332 g/mol. The Morgan fingerprint density at radius 2 is 1.85 bits per heavy atom. The van der Waals surface area contributed by atoms with E-state index in [0.717, 1.165) is 23.9 Å². The van der Waals surface area contributed by atoms with Crippen LogP contribution in [-0.2, 0) is 6.42 Å². The van der Waals surface area contributed by atoms with E-state index in [1.54, 1.807) is 0 Å². The maximum atomic E-state index is 3.57. The lowest BCUT2D eigenvalue weighted by molar-refractivity contribution is 0.705. The molecule has 106 valence electrons. The number of anilines is 1. The van der Waals surface area contributed by atoms with Gasteiger partial charge in [-0.05, 0) is 48.1 Å². The third-order valence-electron chi connectivity index (χ3n) is 3.71. The summed E-state index contributed by atoms with van der Waals surface area (Å²) in [5, 5.41) is 3.57.